The number of nitrogens with one attached hydrogen (secondary N) is 1. The molecule has 0 saturated heterocycles. The predicted molar refractivity (Wildman–Crippen MR) is 81.6 cm³/mol. The molecule has 0 atom stereocenters. The average Bonchev–Trinajstić information content (AvgIpc) is 2.82. The van der Waals surface area contributed by atoms with E-state index in [0.717, 1.165) is 17.6 Å². The maximum absolute atomic E-state index is 11.7. The molecule has 0 fully saturated rings. The quantitative estimate of drug-likeness (QED) is 0.757. The summed E-state index contributed by atoms with van der Waals surface area (Å²) in [6.07, 6.45) is 7.61. The Hall–Kier alpha value is -2.31. The first-order chi connectivity index (χ1) is 10.7. The van der Waals surface area contributed by atoms with Gasteiger partial charge in [0.1, 0.15) is 0 Å². The van der Waals surface area contributed by atoms with Gasteiger partial charge in [0.15, 0.2) is 5.58 Å². The molecule has 0 saturated carbocycles. The van der Waals surface area contributed by atoms with Gasteiger partial charge in [0.05, 0.1) is 0 Å². The fourth-order valence-electron chi connectivity index (χ4n) is 2.13. The molecule has 1 N–H and O–H groups in total. The number of carbonyl (C=O) groups excluding carboxylic acids is 1. The van der Waals surface area contributed by atoms with Crippen LogP contribution >= 0.6 is 0 Å². The predicted octanol–water partition coefficient (Wildman–Crippen LogP) is 2.49. The second-order valence-electron chi connectivity index (χ2n) is 5.06. The molecule has 1 amide bonds. The lowest BCUT2D eigenvalue weighted by atomic mass is 10.1. The molecule has 22 heavy (non-hydrogen) atoms. The maximum atomic E-state index is 11.7. The Morgan fingerprint density at radius 3 is 2.91 bits per heavy atom. The number of pyridine rings is 1. The fourth-order valence-corrected chi connectivity index (χ4v) is 2.13. The van der Waals surface area contributed by atoms with Crippen LogP contribution in [0.15, 0.2) is 27.5 Å². The van der Waals surface area contributed by atoms with E-state index in [0.29, 0.717) is 6.54 Å². The van der Waals surface area contributed by atoms with Crippen molar-refractivity contribution in [2.75, 3.05) is 6.54 Å². The van der Waals surface area contributed by atoms with Gasteiger partial charge in [-0.05, 0) is 18.6 Å². The number of carbonyl (C=O) groups is 1. The average molecular weight is 307 g/mol. The van der Waals surface area contributed by atoms with Gasteiger partial charge in [-0.3, -0.25) is 0 Å². The van der Waals surface area contributed by atoms with E-state index in [1.807, 2.05) is 0 Å². The Kier molecular flexibility index (Phi) is 6.00. The molecule has 0 aliphatic heterocycles. The van der Waals surface area contributed by atoms with Gasteiger partial charge >= 0.3 is 11.8 Å². The molecule has 7 nitrogen and oxygen atoms in total. The van der Waals surface area contributed by atoms with Gasteiger partial charge in [-0.1, -0.05) is 43.8 Å². The monoisotopic (exact) mass is 307 g/mol. The van der Waals surface area contributed by atoms with E-state index in [2.05, 4.69) is 17.2 Å². The number of rotatable bonds is 8. The third-order valence-corrected chi connectivity index (χ3v) is 3.28. The summed E-state index contributed by atoms with van der Waals surface area (Å²) in [4.78, 5) is 32.2. The number of unbranched alkanes of at least 4 members (excludes halogenated alkanes) is 5. The minimum atomic E-state index is -0.775. The zero-order valence-electron chi connectivity index (χ0n) is 12.7. The van der Waals surface area contributed by atoms with E-state index >= 15 is 0 Å². The van der Waals surface area contributed by atoms with Crippen LogP contribution in [0.4, 0.5) is 4.79 Å². The Labute approximate surface area is 128 Å². The number of fused-ring (bicyclic) bond motifs is 1. The smallest absolute Gasteiger partial charge is 0.404 e. The minimum Gasteiger partial charge on any atom is -0.404 e. The molecule has 2 heterocycles. The Bertz CT molecular complexity index is 662. The lowest BCUT2D eigenvalue weighted by molar-refractivity contribution is 0.127. The van der Waals surface area contributed by atoms with Crippen molar-refractivity contribution in [1.82, 2.24) is 15.0 Å². The van der Waals surface area contributed by atoms with E-state index < -0.39 is 11.8 Å². The highest BCUT2D eigenvalue weighted by molar-refractivity contribution is 5.70. The molecule has 0 bridgehead atoms. The van der Waals surface area contributed by atoms with Crippen molar-refractivity contribution in [3.63, 3.8) is 0 Å². The van der Waals surface area contributed by atoms with Crippen molar-refractivity contribution >= 4 is 17.3 Å². The van der Waals surface area contributed by atoms with Crippen LogP contribution in [0.3, 0.4) is 0 Å². The van der Waals surface area contributed by atoms with Crippen LogP contribution in [0, 0.1) is 0 Å². The van der Waals surface area contributed by atoms with Crippen LogP contribution in [0.1, 0.15) is 45.4 Å². The van der Waals surface area contributed by atoms with Gasteiger partial charge < -0.3 is 14.6 Å². The van der Waals surface area contributed by atoms with E-state index in [1.165, 1.54) is 31.9 Å². The van der Waals surface area contributed by atoms with Crippen LogP contribution < -0.4 is 15.9 Å². The first kappa shape index (κ1) is 16.1. The highest BCUT2D eigenvalue weighted by Gasteiger charge is 2.14. The topological polar surface area (TPSA) is 86.4 Å². The number of nitrogens with zero attached hydrogens (tertiary/aromatic N) is 2. The standard InChI is InChI=1S/C15H21N3O4/c1-2-3-4-5-6-7-10-17-14(19)22-18-13-12(21-15(18)20)9-8-11-16-13/h8-9,11H,2-7,10H2,1H3,(H,17,19). The first-order valence-electron chi connectivity index (χ1n) is 7.65. The van der Waals surface area contributed by atoms with Gasteiger partial charge in [0.25, 0.3) is 0 Å². The van der Waals surface area contributed by atoms with Crippen LogP contribution in [0.25, 0.3) is 11.2 Å². The molecular weight excluding hydrogens is 286 g/mol. The number of aromatic nitrogens is 2. The summed E-state index contributed by atoms with van der Waals surface area (Å²) in [6.45, 7) is 2.69. The zero-order valence-corrected chi connectivity index (χ0v) is 12.7. The molecule has 7 heteroatoms. The van der Waals surface area contributed by atoms with Crippen LogP contribution in [0.2, 0.25) is 0 Å². The molecular formula is C15H21N3O4. The molecule has 0 aromatic carbocycles. The first-order valence-corrected chi connectivity index (χ1v) is 7.65. The number of amides is 1. The van der Waals surface area contributed by atoms with Gasteiger partial charge in [-0.25, -0.2) is 14.6 Å². The van der Waals surface area contributed by atoms with Crippen molar-refractivity contribution in [2.24, 2.45) is 0 Å². The Morgan fingerprint density at radius 2 is 2.09 bits per heavy atom. The normalized spacial score (nSPS) is 10.8. The highest BCUT2D eigenvalue weighted by Crippen LogP contribution is 2.07. The SMILES string of the molecule is CCCCCCCCNC(=O)On1c(=O)oc2cccnc21. The van der Waals surface area contributed by atoms with Crippen molar-refractivity contribution in [2.45, 2.75) is 45.4 Å². The molecule has 0 unspecified atom stereocenters. The molecule has 0 spiro atoms. The third kappa shape index (κ3) is 4.34. The summed E-state index contributed by atoms with van der Waals surface area (Å²) >= 11 is 0. The summed E-state index contributed by atoms with van der Waals surface area (Å²) in [5.41, 5.74) is 0.457. The van der Waals surface area contributed by atoms with E-state index in [-0.39, 0.29) is 11.2 Å². The molecule has 0 aliphatic carbocycles. The summed E-state index contributed by atoms with van der Waals surface area (Å²) < 4.78 is 5.68. The Morgan fingerprint density at radius 1 is 1.32 bits per heavy atom. The summed E-state index contributed by atoms with van der Waals surface area (Å²) in [6, 6.07) is 3.21. The van der Waals surface area contributed by atoms with E-state index in [9.17, 15) is 9.59 Å². The summed E-state index contributed by atoms with van der Waals surface area (Å²) in [5, 5.41) is 2.61. The number of oxazole rings is 1. The highest BCUT2D eigenvalue weighted by atomic mass is 16.7. The third-order valence-electron chi connectivity index (χ3n) is 3.28. The fraction of sp³-hybridized carbons (Fsp3) is 0.533. The maximum Gasteiger partial charge on any atom is 0.455 e. The van der Waals surface area contributed by atoms with Crippen LogP contribution in [-0.2, 0) is 0 Å². The minimum absolute atomic E-state index is 0.183. The van der Waals surface area contributed by atoms with Crippen LogP contribution in [-0.4, -0.2) is 22.4 Å². The van der Waals surface area contributed by atoms with E-state index in [1.54, 1.807) is 12.1 Å². The van der Waals surface area contributed by atoms with Gasteiger partial charge in [0.2, 0.25) is 5.65 Å². The molecule has 0 radical (unpaired) electrons. The lowest BCUT2D eigenvalue weighted by Crippen LogP contribution is -2.36. The molecule has 120 valence electrons. The van der Waals surface area contributed by atoms with Gasteiger partial charge in [-0.2, -0.15) is 0 Å². The molecule has 2 aromatic heterocycles. The van der Waals surface area contributed by atoms with Crippen molar-refractivity contribution in [3.8, 4) is 0 Å². The van der Waals surface area contributed by atoms with Crippen molar-refractivity contribution in [1.29, 1.82) is 0 Å². The number of hydrogen-bond donors (Lipinski definition) is 1. The summed E-state index contributed by atoms with van der Waals surface area (Å²) in [7, 11) is 0. The van der Waals surface area contributed by atoms with E-state index in [4.69, 9.17) is 9.25 Å². The van der Waals surface area contributed by atoms with Crippen LogP contribution in [0.5, 0.6) is 0 Å². The molecule has 0 aliphatic rings. The van der Waals surface area contributed by atoms with Gasteiger partial charge in [0, 0.05) is 12.7 Å². The van der Waals surface area contributed by atoms with Gasteiger partial charge in [-0.15, -0.1) is 0 Å². The second-order valence-corrected chi connectivity index (χ2v) is 5.06. The van der Waals surface area contributed by atoms with Crippen molar-refractivity contribution < 1.29 is 14.0 Å². The second kappa shape index (κ2) is 8.21. The lowest BCUT2D eigenvalue weighted by Gasteiger charge is -2.05. The Balaban J connectivity index is 1.77. The molecule has 2 rings (SSSR count). The largest absolute Gasteiger partial charge is 0.455 e. The zero-order chi connectivity index (χ0) is 15.8. The number of hydrogen-bond acceptors (Lipinski definition) is 5. The van der Waals surface area contributed by atoms with Crippen molar-refractivity contribution in [3.05, 3.63) is 28.9 Å². The summed E-state index contributed by atoms with van der Waals surface area (Å²) in [5.74, 6) is -0.775. The molecule has 2 aromatic rings.